The summed E-state index contributed by atoms with van der Waals surface area (Å²) in [6.07, 6.45) is 13.5. The average molecular weight is 1070 g/mol. The van der Waals surface area contributed by atoms with E-state index >= 15 is 0 Å². The van der Waals surface area contributed by atoms with E-state index in [1.165, 1.54) is 146 Å². The van der Waals surface area contributed by atoms with Crippen LogP contribution in [0, 0.1) is 0 Å². The molecule has 14 rings (SSSR count). The lowest BCUT2D eigenvalue weighted by Crippen LogP contribution is -2.63. The zero-order valence-electron chi connectivity index (χ0n) is 52.8. The molecule has 0 spiro atoms. The fraction of sp³-hybridized carbons (Fsp3) is 0.481. The van der Waals surface area contributed by atoms with Crippen molar-refractivity contribution in [3.8, 4) is 11.1 Å². The maximum atomic E-state index is 3.02. The molecule has 8 aliphatic rings. The molecule has 81 heavy (non-hydrogen) atoms. The molecule has 3 nitrogen and oxygen atoms in total. The van der Waals surface area contributed by atoms with Crippen molar-refractivity contribution in [2.45, 2.75) is 237 Å². The van der Waals surface area contributed by atoms with Crippen molar-refractivity contribution in [1.29, 1.82) is 0 Å². The third kappa shape index (κ3) is 7.07. The molecule has 4 aliphatic carbocycles. The van der Waals surface area contributed by atoms with Gasteiger partial charge >= 0.3 is 0 Å². The zero-order valence-corrected chi connectivity index (χ0v) is 52.8. The van der Waals surface area contributed by atoms with E-state index in [9.17, 15) is 0 Å². The Morgan fingerprint density at radius 3 is 1.63 bits per heavy atom. The van der Waals surface area contributed by atoms with Gasteiger partial charge in [-0.05, 0) is 176 Å². The molecule has 2 saturated carbocycles. The highest BCUT2D eigenvalue weighted by Crippen LogP contribution is 2.68. The largest absolute Gasteiger partial charge is 0.335 e. The maximum absolute atomic E-state index is 3.02. The first kappa shape index (κ1) is 53.3. The van der Waals surface area contributed by atoms with Gasteiger partial charge in [0.1, 0.15) is 0 Å². The maximum Gasteiger partial charge on any atom is 0.226 e. The SMILES string of the molecule is CC(C)(C)c1ccc2c(c1)C1=CCC3B4c5cc(C(C)(C)C)cc6c5N(c5cc(N7c8ccc(C(C)(C)C)cc8C8(C)CCCCC78C)cc(c54)N(c4ccc(C(C)(C)C)cc4-c4ccccc4)C3=C1C2(C)C)C1(C)CCCCC61C. The van der Waals surface area contributed by atoms with Gasteiger partial charge in [-0.15, -0.1) is 0 Å². The highest BCUT2D eigenvalue weighted by Gasteiger charge is 2.64. The molecular formula is C77H92BN3. The normalized spacial score (nSPS) is 26.8. The van der Waals surface area contributed by atoms with Crippen LogP contribution >= 0.6 is 0 Å². The van der Waals surface area contributed by atoms with E-state index in [4.69, 9.17) is 0 Å². The Kier molecular flexibility index (Phi) is 11.0. The minimum atomic E-state index is -0.262. The standard InChI is InChI=1S/C77H92BN3/c1-69(2,3)48-28-32-56-55(41-48)53-31-33-59-68(65(53)73(56,13)14)79(61-34-29-49(70(4,5)6)40-54(61)47-26-20-19-21-27-47)63-45-52(80-62-35-30-50(71(7,8)9)42-57(62)74(15)36-22-24-38-76(74,80)17)46-64-66(63)78(59)60-44-51(72(10,11)12)43-58-67(60)81(64)77(18)39-25-23-37-75(58,77)16/h19-21,26-32,34-35,40-46,59H,22-25,33,36-39H2,1-18H3. The number of benzene rings is 6. The molecule has 4 heteroatoms. The van der Waals surface area contributed by atoms with E-state index in [1.54, 1.807) is 16.6 Å². The monoisotopic (exact) mass is 1070 g/mol. The lowest BCUT2D eigenvalue weighted by atomic mass is 9.28. The Labute approximate surface area is 488 Å². The van der Waals surface area contributed by atoms with E-state index in [0.29, 0.717) is 0 Å². The molecular weight excluding hydrogens is 978 g/mol. The van der Waals surface area contributed by atoms with Gasteiger partial charge in [-0.2, -0.15) is 0 Å². The topological polar surface area (TPSA) is 9.72 Å². The Morgan fingerprint density at radius 2 is 1.00 bits per heavy atom. The minimum Gasteiger partial charge on any atom is -0.335 e. The first-order valence-electron chi connectivity index (χ1n) is 31.7. The fourth-order valence-electron chi connectivity index (χ4n) is 18.1. The molecule has 5 atom stereocenters. The fourth-order valence-corrected chi connectivity index (χ4v) is 18.1. The van der Waals surface area contributed by atoms with Crippen LogP contribution in [0.5, 0.6) is 0 Å². The van der Waals surface area contributed by atoms with Crippen LogP contribution in [0.4, 0.5) is 34.1 Å². The lowest BCUT2D eigenvalue weighted by Gasteiger charge is -2.55. The highest BCUT2D eigenvalue weighted by molar-refractivity contribution is 6.91. The third-order valence-electron chi connectivity index (χ3n) is 23.3. The van der Waals surface area contributed by atoms with Crippen molar-refractivity contribution >= 4 is 57.3 Å². The number of fused-ring (bicyclic) bond motifs is 13. The summed E-state index contributed by atoms with van der Waals surface area (Å²) in [5.74, 6) is 0.189. The molecule has 0 N–H and O–H groups in total. The van der Waals surface area contributed by atoms with Gasteiger partial charge in [-0.25, -0.2) is 0 Å². The number of rotatable bonds is 3. The van der Waals surface area contributed by atoms with Crippen LogP contribution in [-0.4, -0.2) is 17.8 Å². The van der Waals surface area contributed by atoms with Crippen LogP contribution in [-0.2, 0) is 37.9 Å². The molecule has 4 heterocycles. The zero-order chi connectivity index (χ0) is 57.3. The lowest BCUT2D eigenvalue weighted by molar-refractivity contribution is 0.194. The second kappa shape index (κ2) is 16.8. The van der Waals surface area contributed by atoms with Crippen LogP contribution in [0.2, 0.25) is 5.82 Å². The van der Waals surface area contributed by atoms with Crippen molar-refractivity contribution < 1.29 is 0 Å². The van der Waals surface area contributed by atoms with E-state index in [-0.39, 0.29) is 61.5 Å². The Balaban J connectivity index is 1.16. The number of hydrogen-bond donors (Lipinski definition) is 0. The van der Waals surface area contributed by atoms with Gasteiger partial charge in [0.2, 0.25) is 6.71 Å². The van der Waals surface area contributed by atoms with Gasteiger partial charge in [-0.3, -0.25) is 0 Å². The van der Waals surface area contributed by atoms with Gasteiger partial charge in [0.05, 0.1) is 16.8 Å². The van der Waals surface area contributed by atoms with Crippen LogP contribution in [0.3, 0.4) is 0 Å². The number of hydrogen-bond acceptors (Lipinski definition) is 3. The Morgan fingerprint density at radius 1 is 0.469 bits per heavy atom. The summed E-state index contributed by atoms with van der Waals surface area (Å²) >= 11 is 0. The third-order valence-corrected chi connectivity index (χ3v) is 23.3. The van der Waals surface area contributed by atoms with Crippen LogP contribution in [0.1, 0.15) is 227 Å². The molecule has 0 amide bonds. The van der Waals surface area contributed by atoms with E-state index in [2.05, 4.69) is 255 Å². The summed E-state index contributed by atoms with van der Waals surface area (Å²) < 4.78 is 0. The highest BCUT2D eigenvalue weighted by atomic mass is 15.3. The van der Waals surface area contributed by atoms with Gasteiger partial charge in [0.15, 0.2) is 0 Å². The van der Waals surface area contributed by atoms with Crippen molar-refractivity contribution in [1.82, 2.24) is 0 Å². The molecule has 6 aromatic rings. The second-order valence-electron chi connectivity index (χ2n) is 32.4. The summed E-state index contributed by atoms with van der Waals surface area (Å²) in [6, 6.07) is 45.3. The molecule has 0 bridgehead atoms. The van der Waals surface area contributed by atoms with Gasteiger partial charge in [-0.1, -0.05) is 221 Å². The first-order valence-corrected chi connectivity index (χ1v) is 31.7. The van der Waals surface area contributed by atoms with Crippen LogP contribution < -0.4 is 25.6 Å². The summed E-state index contributed by atoms with van der Waals surface area (Å²) in [6.45, 7) is 44.8. The quantitative estimate of drug-likeness (QED) is 0.164. The van der Waals surface area contributed by atoms with Crippen molar-refractivity contribution in [3.05, 3.63) is 171 Å². The Hall–Kier alpha value is -5.74. The number of allylic oxidation sites excluding steroid dienone is 4. The number of anilines is 6. The van der Waals surface area contributed by atoms with Crippen LogP contribution in [0.15, 0.2) is 127 Å². The molecule has 2 fully saturated rings. The average Bonchev–Trinajstić information content (AvgIpc) is 1.82. The molecule has 0 aromatic heterocycles. The van der Waals surface area contributed by atoms with E-state index < -0.39 is 0 Å². The van der Waals surface area contributed by atoms with Crippen molar-refractivity contribution in [2.24, 2.45) is 0 Å². The van der Waals surface area contributed by atoms with Crippen LogP contribution in [0.25, 0.3) is 16.7 Å². The number of nitrogens with zero attached hydrogens (tertiary/aromatic N) is 3. The minimum absolute atomic E-state index is 0.0184. The van der Waals surface area contributed by atoms with Crippen molar-refractivity contribution in [2.75, 3.05) is 14.7 Å². The molecule has 4 aliphatic heterocycles. The van der Waals surface area contributed by atoms with Gasteiger partial charge < -0.3 is 14.7 Å². The van der Waals surface area contributed by atoms with Crippen molar-refractivity contribution in [3.63, 3.8) is 0 Å². The van der Waals surface area contributed by atoms with E-state index in [0.717, 1.165) is 12.8 Å². The summed E-state index contributed by atoms with van der Waals surface area (Å²) in [5.41, 5.74) is 29.8. The van der Waals surface area contributed by atoms with E-state index in [1.807, 2.05) is 0 Å². The predicted octanol–water partition coefficient (Wildman–Crippen LogP) is 19.5. The summed E-state index contributed by atoms with van der Waals surface area (Å²) in [5, 5.41) is 0. The second-order valence-corrected chi connectivity index (χ2v) is 32.4. The smallest absolute Gasteiger partial charge is 0.226 e. The Bertz CT molecular complexity index is 3750. The predicted molar refractivity (Wildman–Crippen MR) is 349 cm³/mol. The molecule has 0 radical (unpaired) electrons. The first-order chi connectivity index (χ1) is 37.9. The van der Waals surface area contributed by atoms with Gasteiger partial charge in [0, 0.05) is 55.9 Å². The summed E-state index contributed by atoms with van der Waals surface area (Å²) in [4.78, 5) is 8.88. The molecule has 5 unspecified atom stereocenters. The molecule has 6 aromatic carbocycles. The molecule has 0 saturated heterocycles. The summed E-state index contributed by atoms with van der Waals surface area (Å²) in [7, 11) is 0. The van der Waals surface area contributed by atoms with Gasteiger partial charge in [0.25, 0.3) is 0 Å². The molecule has 418 valence electrons.